The van der Waals surface area contributed by atoms with Gasteiger partial charge >= 0.3 is 5.97 Å². The molecule has 140 valence electrons. The van der Waals surface area contributed by atoms with Crippen LogP contribution in [-0.2, 0) is 9.53 Å². The summed E-state index contributed by atoms with van der Waals surface area (Å²) in [6.07, 6.45) is 1.80. The number of carbonyl (C=O) groups is 2. The zero-order valence-electron chi connectivity index (χ0n) is 14.9. The van der Waals surface area contributed by atoms with Crippen molar-refractivity contribution in [3.63, 3.8) is 0 Å². The molecule has 0 fully saturated rings. The standard InChI is InChI=1S/C20H18BrClN2O3/c1-3-4-9-27-20(26)12-5-7-13(8-6-12)23-18-14-10-15(21)16(22)11(2)17(14)24-19(18)25/h5-8,10H,3-4,9H2,1-2H3,(H,23,24,25). The van der Waals surface area contributed by atoms with Crippen molar-refractivity contribution in [2.75, 3.05) is 11.9 Å². The van der Waals surface area contributed by atoms with Crippen LogP contribution < -0.4 is 5.32 Å². The first-order chi connectivity index (χ1) is 12.9. The van der Waals surface area contributed by atoms with Gasteiger partial charge in [0.05, 0.1) is 28.6 Å². The molecule has 0 bridgehead atoms. The monoisotopic (exact) mass is 448 g/mol. The zero-order valence-corrected chi connectivity index (χ0v) is 17.3. The lowest BCUT2D eigenvalue weighted by Gasteiger charge is -2.07. The summed E-state index contributed by atoms with van der Waals surface area (Å²) in [6.45, 7) is 4.29. The number of hydrogen-bond donors (Lipinski definition) is 1. The Morgan fingerprint density at radius 1 is 1.30 bits per heavy atom. The van der Waals surface area contributed by atoms with Gasteiger partial charge in [-0.2, -0.15) is 0 Å². The first kappa shape index (κ1) is 19.6. The molecule has 0 radical (unpaired) electrons. The number of nitrogens with one attached hydrogen (secondary N) is 1. The van der Waals surface area contributed by atoms with Gasteiger partial charge in [-0.25, -0.2) is 9.79 Å². The van der Waals surface area contributed by atoms with Crippen molar-refractivity contribution in [3.05, 3.63) is 56.5 Å². The predicted octanol–water partition coefficient (Wildman–Crippen LogP) is 5.44. The number of unbranched alkanes of at least 4 members (excludes halogenated alkanes) is 1. The number of carbonyl (C=O) groups excluding carboxylic acids is 2. The summed E-state index contributed by atoms with van der Waals surface area (Å²) >= 11 is 9.63. The van der Waals surface area contributed by atoms with Crippen molar-refractivity contribution in [2.45, 2.75) is 26.7 Å². The molecule has 2 aromatic rings. The molecule has 1 heterocycles. The number of nitrogens with zero attached hydrogens (tertiary/aromatic N) is 1. The van der Waals surface area contributed by atoms with Crippen molar-refractivity contribution in [3.8, 4) is 0 Å². The maximum Gasteiger partial charge on any atom is 0.338 e. The first-order valence-electron chi connectivity index (χ1n) is 8.58. The molecule has 5 nitrogen and oxygen atoms in total. The third-order valence-corrected chi connectivity index (χ3v) is 5.58. The molecule has 0 spiro atoms. The number of rotatable bonds is 5. The van der Waals surface area contributed by atoms with Gasteiger partial charge in [0.2, 0.25) is 0 Å². The maximum absolute atomic E-state index is 12.4. The second-order valence-electron chi connectivity index (χ2n) is 6.17. The molecule has 1 amide bonds. The number of hydrogen-bond acceptors (Lipinski definition) is 4. The Hall–Kier alpha value is -2.18. The van der Waals surface area contributed by atoms with Crippen LogP contribution in [0, 0.1) is 6.92 Å². The third-order valence-electron chi connectivity index (χ3n) is 4.24. The van der Waals surface area contributed by atoms with E-state index in [4.69, 9.17) is 16.3 Å². The minimum atomic E-state index is -0.360. The number of fused-ring (bicyclic) bond motifs is 1. The van der Waals surface area contributed by atoms with Crippen LogP contribution in [0.2, 0.25) is 5.02 Å². The van der Waals surface area contributed by atoms with Crippen LogP contribution in [-0.4, -0.2) is 24.2 Å². The van der Waals surface area contributed by atoms with E-state index in [0.29, 0.717) is 44.3 Å². The van der Waals surface area contributed by atoms with E-state index in [0.717, 1.165) is 18.4 Å². The largest absolute Gasteiger partial charge is 0.462 e. The van der Waals surface area contributed by atoms with Gasteiger partial charge in [0, 0.05) is 10.0 Å². The van der Waals surface area contributed by atoms with Crippen molar-refractivity contribution in [1.29, 1.82) is 0 Å². The van der Waals surface area contributed by atoms with E-state index in [1.807, 2.05) is 13.8 Å². The second-order valence-corrected chi connectivity index (χ2v) is 7.40. The molecule has 1 aliphatic heterocycles. The number of amides is 1. The van der Waals surface area contributed by atoms with E-state index in [1.165, 1.54) is 0 Å². The molecule has 0 unspecified atom stereocenters. The smallest absolute Gasteiger partial charge is 0.338 e. The number of esters is 1. The molecule has 1 aliphatic rings. The minimum absolute atomic E-state index is 0.287. The predicted molar refractivity (Wildman–Crippen MR) is 110 cm³/mol. The van der Waals surface area contributed by atoms with E-state index < -0.39 is 0 Å². The Kier molecular flexibility index (Phi) is 5.97. The van der Waals surface area contributed by atoms with Gasteiger partial charge in [-0.3, -0.25) is 4.79 Å². The molecule has 0 saturated heterocycles. The summed E-state index contributed by atoms with van der Waals surface area (Å²) in [7, 11) is 0. The van der Waals surface area contributed by atoms with E-state index in [1.54, 1.807) is 30.3 Å². The number of benzene rings is 2. The lowest BCUT2D eigenvalue weighted by Crippen LogP contribution is -2.14. The number of aliphatic imine (C=N–C) groups is 1. The quantitative estimate of drug-likeness (QED) is 0.488. The average molecular weight is 450 g/mol. The van der Waals surface area contributed by atoms with Crippen LogP contribution in [0.1, 0.15) is 41.3 Å². The van der Waals surface area contributed by atoms with Crippen molar-refractivity contribution < 1.29 is 14.3 Å². The van der Waals surface area contributed by atoms with Gasteiger partial charge in [0.25, 0.3) is 5.91 Å². The van der Waals surface area contributed by atoms with Gasteiger partial charge in [0.1, 0.15) is 5.71 Å². The van der Waals surface area contributed by atoms with Crippen molar-refractivity contribution in [1.82, 2.24) is 0 Å². The van der Waals surface area contributed by atoms with Crippen LogP contribution in [0.15, 0.2) is 39.8 Å². The highest BCUT2D eigenvalue weighted by Crippen LogP contribution is 2.38. The molecule has 0 saturated carbocycles. The summed E-state index contributed by atoms with van der Waals surface area (Å²) < 4.78 is 5.89. The zero-order chi connectivity index (χ0) is 19.6. The molecule has 2 aromatic carbocycles. The number of ether oxygens (including phenoxy) is 1. The molecule has 1 N–H and O–H groups in total. The highest BCUT2D eigenvalue weighted by Gasteiger charge is 2.29. The maximum atomic E-state index is 12.4. The summed E-state index contributed by atoms with van der Waals surface area (Å²) in [6, 6.07) is 8.44. The second kappa shape index (κ2) is 8.23. The first-order valence-corrected chi connectivity index (χ1v) is 9.75. The van der Waals surface area contributed by atoms with Crippen LogP contribution in [0.25, 0.3) is 0 Å². The Labute approximate surface area is 170 Å². The summed E-state index contributed by atoms with van der Waals surface area (Å²) in [4.78, 5) is 28.8. The fourth-order valence-electron chi connectivity index (χ4n) is 2.70. The van der Waals surface area contributed by atoms with E-state index in [2.05, 4.69) is 26.2 Å². The SMILES string of the molecule is CCCCOC(=O)c1ccc(N=C2C(=O)Nc3c2cc(Br)c(Cl)c3C)cc1. The fraction of sp³-hybridized carbons (Fsp3) is 0.250. The minimum Gasteiger partial charge on any atom is -0.462 e. The molecule has 0 aliphatic carbocycles. The number of anilines is 1. The normalized spacial score (nSPS) is 14.2. The number of halogens is 2. The Bertz CT molecular complexity index is 939. The Morgan fingerprint density at radius 2 is 2.00 bits per heavy atom. The Morgan fingerprint density at radius 3 is 2.67 bits per heavy atom. The summed E-state index contributed by atoms with van der Waals surface area (Å²) in [5, 5.41) is 3.37. The lowest BCUT2D eigenvalue weighted by atomic mass is 10.1. The molecule has 3 rings (SSSR count). The van der Waals surface area contributed by atoms with Crippen LogP contribution >= 0.6 is 27.5 Å². The highest BCUT2D eigenvalue weighted by atomic mass is 79.9. The fourth-order valence-corrected chi connectivity index (χ4v) is 3.38. The van der Waals surface area contributed by atoms with E-state index in [9.17, 15) is 9.59 Å². The Balaban J connectivity index is 1.86. The van der Waals surface area contributed by atoms with E-state index in [-0.39, 0.29) is 11.9 Å². The van der Waals surface area contributed by atoms with E-state index >= 15 is 0 Å². The summed E-state index contributed by atoms with van der Waals surface area (Å²) in [5.41, 5.74) is 3.48. The molecule has 27 heavy (non-hydrogen) atoms. The van der Waals surface area contributed by atoms with Crippen LogP contribution in [0.5, 0.6) is 0 Å². The third kappa shape index (κ3) is 4.06. The molecule has 0 aromatic heterocycles. The van der Waals surface area contributed by atoms with Crippen LogP contribution in [0.3, 0.4) is 0 Å². The van der Waals surface area contributed by atoms with Crippen LogP contribution in [0.4, 0.5) is 11.4 Å². The van der Waals surface area contributed by atoms with Gasteiger partial charge < -0.3 is 10.1 Å². The molecular formula is C20H18BrClN2O3. The topological polar surface area (TPSA) is 67.8 Å². The summed E-state index contributed by atoms with van der Waals surface area (Å²) in [5.74, 6) is -0.647. The van der Waals surface area contributed by atoms with Crippen molar-refractivity contribution in [2.24, 2.45) is 4.99 Å². The van der Waals surface area contributed by atoms with Gasteiger partial charge in [-0.1, -0.05) is 24.9 Å². The van der Waals surface area contributed by atoms with Gasteiger partial charge in [0.15, 0.2) is 0 Å². The molecular weight excluding hydrogens is 432 g/mol. The highest BCUT2D eigenvalue weighted by molar-refractivity contribution is 9.10. The lowest BCUT2D eigenvalue weighted by molar-refractivity contribution is -0.110. The molecule has 0 atom stereocenters. The average Bonchev–Trinajstić information content (AvgIpc) is 2.96. The van der Waals surface area contributed by atoms with Crippen molar-refractivity contribution >= 4 is 56.5 Å². The van der Waals surface area contributed by atoms with Gasteiger partial charge in [-0.15, -0.1) is 0 Å². The molecule has 7 heteroatoms. The van der Waals surface area contributed by atoms with Gasteiger partial charge in [-0.05, 0) is 65.2 Å².